The molecule has 2 rings (SSSR count). The van der Waals surface area contributed by atoms with E-state index in [4.69, 9.17) is 0 Å². The number of aromatic nitrogens is 2. The molecule has 2 N–H and O–H groups in total. The van der Waals surface area contributed by atoms with E-state index in [1.165, 1.54) is 6.33 Å². The van der Waals surface area contributed by atoms with E-state index < -0.39 is 5.60 Å². The second-order valence-corrected chi connectivity index (χ2v) is 3.88. The molecule has 0 spiro atoms. The van der Waals surface area contributed by atoms with Gasteiger partial charge in [-0.3, -0.25) is 0 Å². The van der Waals surface area contributed by atoms with Crippen molar-refractivity contribution in [2.75, 3.05) is 13.1 Å². The lowest BCUT2D eigenvalue weighted by Crippen LogP contribution is -2.47. The summed E-state index contributed by atoms with van der Waals surface area (Å²) in [4.78, 5) is 7.97. The maximum atomic E-state index is 10.2. The van der Waals surface area contributed by atoms with Gasteiger partial charge in [0.15, 0.2) is 0 Å². The number of hydrogen-bond acceptors (Lipinski definition) is 4. The van der Waals surface area contributed by atoms with Crippen LogP contribution in [0.2, 0.25) is 0 Å². The summed E-state index contributed by atoms with van der Waals surface area (Å²) in [6, 6.07) is 1.85. The van der Waals surface area contributed by atoms with Crippen LogP contribution in [0, 0.1) is 0 Å². The number of β-amino-alcohol motifs (C(OH)–C–C–N with tert-alkyl or cyclic N) is 1. The first-order valence-electron chi connectivity index (χ1n) is 4.97. The van der Waals surface area contributed by atoms with Gasteiger partial charge in [0.25, 0.3) is 0 Å². The molecule has 4 heteroatoms. The monoisotopic (exact) mass is 193 g/mol. The third-order valence-electron chi connectivity index (χ3n) is 2.60. The predicted molar refractivity (Wildman–Crippen MR) is 52.8 cm³/mol. The van der Waals surface area contributed by atoms with Crippen LogP contribution in [0.1, 0.15) is 18.5 Å². The molecule has 1 fully saturated rings. The van der Waals surface area contributed by atoms with Crippen molar-refractivity contribution in [2.24, 2.45) is 0 Å². The third kappa shape index (κ3) is 2.27. The van der Waals surface area contributed by atoms with Gasteiger partial charge in [0, 0.05) is 24.9 Å². The molecule has 14 heavy (non-hydrogen) atoms. The van der Waals surface area contributed by atoms with Crippen LogP contribution >= 0.6 is 0 Å². The minimum absolute atomic E-state index is 0.614. The van der Waals surface area contributed by atoms with Gasteiger partial charge in [-0.2, -0.15) is 0 Å². The van der Waals surface area contributed by atoms with E-state index in [1.54, 1.807) is 6.20 Å². The average molecular weight is 193 g/mol. The molecule has 2 heterocycles. The molecule has 4 nitrogen and oxygen atoms in total. The zero-order valence-electron chi connectivity index (χ0n) is 8.11. The molecule has 0 saturated carbocycles. The molecule has 0 bridgehead atoms. The van der Waals surface area contributed by atoms with E-state index >= 15 is 0 Å². The number of nitrogens with one attached hydrogen (secondary N) is 1. The van der Waals surface area contributed by atoms with Crippen molar-refractivity contribution in [1.82, 2.24) is 15.3 Å². The molecule has 1 saturated heterocycles. The standard InChI is InChI=1S/C10H15N3O/c14-10(3-1-4-11-7-10)6-9-2-5-12-8-13-9/h2,5,8,11,14H,1,3-4,6-7H2. The number of aliphatic hydroxyl groups is 1. The van der Waals surface area contributed by atoms with Gasteiger partial charge in [0.2, 0.25) is 0 Å². The molecule has 1 unspecified atom stereocenters. The van der Waals surface area contributed by atoms with E-state index in [1.807, 2.05) is 6.07 Å². The highest BCUT2D eigenvalue weighted by Crippen LogP contribution is 2.19. The first-order valence-corrected chi connectivity index (χ1v) is 4.97. The van der Waals surface area contributed by atoms with Crippen molar-refractivity contribution < 1.29 is 5.11 Å². The quantitative estimate of drug-likeness (QED) is 0.701. The van der Waals surface area contributed by atoms with Crippen LogP contribution in [0.15, 0.2) is 18.6 Å². The molecule has 76 valence electrons. The summed E-state index contributed by atoms with van der Waals surface area (Å²) >= 11 is 0. The topological polar surface area (TPSA) is 58.0 Å². The van der Waals surface area contributed by atoms with Crippen molar-refractivity contribution in [3.8, 4) is 0 Å². The first-order chi connectivity index (χ1) is 6.79. The number of hydrogen-bond donors (Lipinski definition) is 2. The van der Waals surface area contributed by atoms with Crippen molar-refractivity contribution in [1.29, 1.82) is 0 Å². The lowest BCUT2D eigenvalue weighted by Gasteiger charge is -2.32. The average Bonchev–Trinajstić information content (AvgIpc) is 2.19. The van der Waals surface area contributed by atoms with E-state index in [0.717, 1.165) is 25.1 Å². The van der Waals surface area contributed by atoms with E-state index in [9.17, 15) is 5.11 Å². The second kappa shape index (κ2) is 4.02. The van der Waals surface area contributed by atoms with Crippen molar-refractivity contribution in [2.45, 2.75) is 24.9 Å². The third-order valence-corrected chi connectivity index (χ3v) is 2.60. The Labute approximate surface area is 83.4 Å². The van der Waals surface area contributed by atoms with Crippen molar-refractivity contribution in [3.63, 3.8) is 0 Å². The summed E-state index contributed by atoms with van der Waals surface area (Å²) in [6.45, 7) is 1.67. The molecule has 1 aliphatic rings. The summed E-state index contributed by atoms with van der Waals surface area (Å²) < 4.78 is 0. The van der Waals surface area contributed by atoms with Crippen LogP contribution in [-0.4, -0.2) is 33.8 Å². The fraction of sp³-hybridized carbons (Fsp3) is 0.600. The Morgan fingerprint density at radius 1 is 1.57 bits per heavy atom. The molecular weight excluding hydrogens is 178 g/mol. The van der Waals surface area contributed by atoms with Gasteiger partial charge in [-0.25, -0.2) is 9.97 Å². The Kier molecular flexibility index (Phi) is 2.74. The minimum Gasteiger partial charge on any atom is -0.388 e. The molecule has 0 radical (unpaired) electrons. The Bertz CT molecular complexity index is 283. The highest BCUT2D eigenvalue weighted by atomic mass is 16.3. The lowest BCUT2D eigenvalue weighted by atomic mass is 9.89. The largest absolute Gasteiger partial charge is 0.388 e. The van der Waals surface area contributed by atoms with E-state index in [-0.39, 0.29) is 0 Å². The van der Waals surface area contributed by atoms with Crippen LogP contribution < -0.4 is 5.32 Å². The summed E-state index contributed by atoms with van der Waals surface area (Å²) in [5, 5.41) is 13.4. The van der Waals surface area contributed by atoms with Crippen LogP contribution in [0.25, 0.3) is 0 Å². The van der Waals surface area contributed by atoms with Gasteiger partial charge in [-0.1, -0.05) is 0 Å². The zero-order valence-corrected chi connectivity index (χ0v) is 8.11. The SMILES string of the molecule is OC1(Cc2ccncn2)CCCNC1. The fourth-order valence-electron chi connectivity index (χ4n) is 1.86. The minimum atomic E-state index is -0.618. The molecule has 0 aromatic carbocycles. The van der Waals surface area contributed by atoms with E-state index in [2.05, 4.69) is 15.3 Å². The first kappa shape index (κ1) is 9.55. The van der Waals surface area contributed by atoms with Gasteiger partial charge in [0.1, 0.15) is 6.33 Å². The van der Waals surface area contributed by atoms with Gasteiger partial charge in [-0.15, -0.1) is 0 Å². The Morgan fingerprint density at radius 3 is 3.14 bits per heavy atom. The number of rotatable bonds is 2. The van der Waals surface area contributed by atoms with Crippen LogP contribution in [0.3, 0.4) is 0 Å². The van der Waals surface area contributed by atoms with Gasteiger partial charge in [0.05, 0.1) is 5.60 Å². The van der Waals surface area contributed by atoms with Crippen LogP contribution in [-0.2, 0) is 6.42 Å². The molecule has 1 aliphatic heterocycles. The molecular formula is C10H15N3O. The maximum absolute atomic E-state index is 10.2. The second-order valence-electron chi connectivity index (χ2n) is 3.88. The summed E-state index contributed by atoms with van der Waals surface area (Å²) in [7, 11) is 0. The van der Waals surface area contributed by atoms with Gasteiger partial charge in [-0.05, 0) is 25.5 Å². The zero-order chi connectivity index (χ0) is 9.86. The summed E-state index contributed by atoms with van der Waals surface area (Å²) in [5.41, 5.74) is 0.290. The van der Waals surface area contributed by atoms with Crippen LogP contribution in [0.4, 0.5) is 0 Å². The molecule has 1 atom stereocenters. The predicted octanol–water partition coefficient (Wildman–Crippen LogP) is 0.134. The van der Waals surface area contributed by atoms with Crippen molar-refractivity contribution in [3.05, 3.63) is 24.3 Å². The fourth-order valence-corrected chi connectivity index (χ4v) is 1.86. The smallest absolute Gasteiger partial charge is 0.115 e. The van der Waals surface area contributed by atoms with Gasteiger partial charge >= 0.3 is 0 Å². The maximum Gasteiger partial charge on any atom is 0.115 e. The number of piperidine rings is 1. The summed E-state index contributed by atoms with van der Waals surface area (Å²) in [6.07, 6.45) is 5.73. The lowest BCUT2D eigenvalue weighted by molar-refractivity contribution is 0.0161. The molecule has 0 amide bonds. The molecule has 1 aromatic rings. The molecule has 1 aromatic heterocycles. The van der Waals surface area contributed by atoms with E-state index in [0.29, 0.717) is 13.0 Å². The van der Waals surface area contributed by atoms with Crippen molar-refractivity contribution >= 4 is 0 Å². The summed E-state index contributed by atoms with van der Waals surface area (Å²) in [5.74, 6) is 0. The highest BCUT2D eigenvalue weighted by Gasteiger charge is 2.29. The number of nitrogens with zero attached hydrogens (tertiary/aromatic N) is 2. The Balaban J connectivity index is 2.02. The van der Waals surface area contributed by atoms with Gasteiger partial charge < -0.3 is 10.4 Å². The Hall–Kier alpha value is -1.00. The highest BCUT2D eigenvalue weighted by molar-refractivity contribution is 5.04. The molecule has 0 aliphatic carbocycles. The Morgan fingerprint density at radius 2 is 2.50 bits per heavy atom. The normalized spacial score (nSPS) is 27.5. The van der Waals surface area contributed by atoms with Crippen LogP contribution in [0.5, 0.6) is 0 Å².